The lowest BCUT2D eigenvalue weighted by atomic mass is 10.2. The molecule has 1 aromatic heterocycles. The van der Waals surface area contributed by atoms with Gasteiger partial charge in [0.2, 0.25) is 0 Å². The summed E-state index contributed by atoms with van der Waals surface area (Å²) in [4.78, 5) is 12.4. The lowest BCUT2D eigenvalue weighted by Gasteiger charge is -2.08. The molecule has 1 amide bonds. The van der Waals surface area contributed by atoms with Crippen LogP contribution >= 0.6 is 0 Å². The molecule has 3 aromatic rings. The maximum atomic E-state index is 14.0. The topological polar surface area (TPSA) is 111 Å². The summed E-state index contributed by atoms with van der Waals surface area (Å²) in [6.45, 7) is 0. The molecule has 0 aliphatic rings. The fourth-order valence-corrected chi connectivity index (χ4v) is 4.60. The van der Waals surface area contributed by atoms with Crippen molar-refractivity contribution < 1.29 is 30.4 Å². The molecule has 0 radical (unpaired) electrons. The number of hydrogen-bond acceptors (Lipinski definition) is 6. The Labute approximate surface area is 167 Å². The van der Waals surface area contributed by atoms with Crippen LogP contribution in [0.5, 0.6) is 0 Å². The molecule has 0 bridgehead atoms. The highest BCUT2D eigenvalue weighted by Crippen LogP contribution is 2.23. The lowest BCUT2D eigenvalue weighted by molar-refractivity contribution is 0.0995. The summed E-state index contributed by atoms with van der Waals surface area (Å²) in [6, 6.07) is 12.0. The van der Waals surface area contributed by atoms with Crippen molar-refractivity contribution in [2.75, 3.05) is 11.6 Å². The molecule has 1 N–H and O–H groups in total. The van der Waals surface area contributed by atoms with Crippen LogP contribution in [0.1, 0.15) is 16.1 Å². The fraction of sp³-hybridized carbons (Fsp3) is 0.105. The van der Waals surface area contributed by atoms with Crippen molar-refractivity contribution in [1.29, 1.82) is 0 Å². The van der Waals surface area contributed by atoms with E-state index in [1.165, 1.54) is 18.2 Å². The molecule has 0 saturated carbocycles. The average molecular weight is 437 g/mol. The zero-order valence-corrected chi connectivity index (χ0v) is 16.8. The Balaban J connectivity index is 1.87. The standard InChI is InChI=1S/C19H16FNO6S2/c1-28(23,24)15-7-8-16(20)17(11-15)21-19(22)18-13(9-10-27-18)12-29(25,26)14-5-3-2-4-6-14/h2-11H,12H2,1H3,(H,21,22). The third kappa shape index (κ3) is 4.72. The van der Waals surface area contributed by atoms with Crippen molar-refractivity contribution >= 4 is 31.3 Å². The second-order valence-electron chi connectivity index (χ2n) is 6.22. The predicted molar refractivity (Wildman–Crippen MR) is 104 cm³/mol. The number of rotatable bonds is 6. The van der Waals surface area contributed by atoms with Gasteiger partial charge in [-0.1, -0.05) is 18.2 Å². The van der Waals surface area contributed by atoms with Crippen LogP contribution in [-0.4, -0.2) is 29.0 Å². The van der Waals surface area contributed by atoms with Crippen molar-refractivity contribution in [3.05, 3.63) is 78.0 Å². The highest BCUT2D eigenvalue weighted by molar-refractivity contribution is 7.91. The molecule has 0 unspecified atom stereocenters. The summed E-state index contributed by atoms with van der Waals surface area (Å²) in [6.07, 6.45) is 2.10. The van der Waals surface area contributed by atoms with Gasteiger partial charge < -0.3 is 9.73 Å². The second kappa shape index (κ2) is 7.80. The number of carbonyl (C=O) groups is 1. The Morgan fingerprint density at radius 2 is 1.69 bits per heavy atom. The van der Waals surface area contributed by atoms with Gasteiger partial charge in [-0.25, -0.2) is 21.2 Å². The van der Waals surface area contributed by atoms with Gasteiger partial charge in [0.05, 0.1) is 27.5 Å². The molecule has 0 atom stereocenters. The SMILES string of the molecule is CS(=O)(=O)c1ccc(F)c(NC(=O)c2occc2CS(=O)(=O)c2ccccc2)c1. The van der Waals surface area contributed by atoms with E-state index in [0.717, 1.165) is 30.7 Å². The van der Waals surface area contributed by atoms with Gasteiger partial charge in [0.1, 0.15) is 5.82 Å². The van der Waals surface area contributed by atoms with Gasteiger partial charge in [-0.15, -0.1) is 0 Å². The first-order valence-corrected chi connectivity index (χ1v) is 11.8. The van der Waals surface area contributed by atoms with Gasteiger partial charge in [0.25, 0.3) is 5.91 Å². The van der Waals surface area contributed by atoms with Gasteiger partial charge in [0.15, 0.2) is 25.4 Å². The molecule has 3 rings (SSSR count). The molecule has 0 aliphatic heterocycles. The first kappa shape index (κ1) is 20.7. The van der Waals surface area contributed by atoms with E-state index in [-0.39, 0.29) is 26.8 Å². The monoisotopic (exact) mass is 437 g/mol. The van der Waals surface area contributed by atoms with E-state index in [1.807, 2.05) is 0 Å². The minimum atomic E-state index is -3.74. The molecule has 1 heterocycles. The van der Waals surface area contributed by atoms with Crippen LogP contribution in [0.15, 0.2) is 75.1 Å². The smallest absolute Gasteiger partial charge is 0.291 e. The van der Waals surface area contributed by atoms with Gasteiger partial charge >= 0.3 is 0 Å². The lowest BCUT2D eigenvalue weighted by Crippen LogP contribution is -2.16. The first-order valence-electron chi connectivity index (χ1n) is 8.23. The minimum Gasteiger partial charge on any atom is -0.459 e. The third-order valence-corrected chi connectivity index (χ3v) is 6.81. The van der Waals surface area contributed by atoms with E-state index in [0.29, 0.717) is 0 Å². The first-order chi connectivity index (χ1) is 13.6. The molecular weight excluding hydrogens is 421 g/mol. The summed E-state index contributed by atoms with van der Waals surface area (Å²) in [7, 11) is -7.35. The Morgan fingerprint density at radius 3 is 2.34 bits per heavy atom. The number of sulfone groups is 2. The molecule has 10 heteroatoms. The van der Waals surface area contributed by atoms with Gasteiger partial charge in [-0.2, -0.15) is 0 Å². The van der Waals surface area contributed by atoms with E-state index in [1.54, 1.807) is 18.2 Å². The number of halogens is 1. The summed E-state index contributed by atoms with van der Waals surface area (Å²) in [5.74, 6) is -2.57. The van der Waals surface area contributed by atoms with Crippen LogP contribution in [0.2, 0.25) is 0 Å². The molecule has 7 nitrogen and oxygen atoms in total. The van der Waals surface area contributed by atoms with Crippen molar-refractivity contribution in [3.8, 4) is 0 Å². The van der Waals surface area contributed by atoms with Crippen molar-refractivity contribution in [2.24, 2.45) is 0 Å². The van der Waals surface area contributed by atoms with Crippen LogP contribution in [0.25, 0.3) is 0 Å². The molecule has 0 aliphatic carbocycles. The Bertz CT molecular complexity index is 1270. The van der Waals surface area contributed by atoms with Crippen molar-refractivity contribution in [2.45, 2.75) is 15.5 Å². The van der Waals surface area contributed by atoms with E-state index in [4.69, 9.17) is 4.42 Å². The van der Waals surface area contributed by atoms with E-state index >= 15 is 0 Å². The molecule has 2 aromatic carbocycles. The second-order valence-corrected chi connectivity index (χ2v) is 10.2. The van der Waals surface area contributed by atoms with Gasteiger partial charge in [-0.3, -0.25) is 4.79 Å². The highest BCUT2D eigenvalue weighted by atomic mass is 32.2. The number of amides is 1. The van der Waals surface area contributed by atoms with E-state index in [9.17, 15) is 26.0 Å². The Kier molecular flexibility index (Phi) is 5.58. The number of hydrogen-bond donors (Lipinski definition) is 1. The third-order valence-electron chi connectivity index (χ3n) is 4.02. The number of anilines is 1. The number of furan rings is 1. The zero-order chi connectivity index (χ0) is 21.2. The van der Waals surface area contributed by atoms with Crippen LogP contribution in [-0.2, 0) is 25.4 Å². The number of nitrogens with one attached hydrogen (secondary N) is 1. The van der Waals surface area contributed by atoms with E-state index in [2.05, 4.69) is 5.32 Å². The minimum absolute atomic E-state index is 0.0828. The van der Waals surface area contributed by atoms with Crippen molar-refractivity contribution in [1.82, 2.24) is 0 Å². The summed E-state index contributed by atoms with van der Waals surface area (Å²) >= 11 is 0. The van der Waals surface area contributed by atoms with Crippen LogP contribution < -0.4 is 5.32 Å². The molecular formula is C19H16FNO6S2. The predicted octanol–water partition coefficient (Wildman–Crippen LogP) is 3.05. The molecule has 0 fully saturated rings. The van der Waals surface area contributed by atoms with Crippen LogP contribution in [0.3, 0.4) is 0 Å². The maximum Gasteiger partial charge on any atom is 0.291 e. The molecule has 152 valence electrons. The highest BCUT2D eigenvalue weighted by Gasteiger charge is 2.23. The zero-order valence-electron chi connectivity index (χ0n) is 15.1. The molecule has 29 heavy (non-hydrogen) atoms. The quantitative estimate of drug-likeness (QED) is 0.594. The summed E-state index contributed by atoms with van der Waals surface area (Å²) in [5.41, 5.74) is -0.280. The average Bonchev–Trinajstić information content (AvgIpc) is 3.11. The van der Waals surface area contributed by atoms with Gasteiger partial charge in [-0.05, 0) is 36.4 Å². The maximum absolute atomic E-state index is 14.0. The number of benzene rings is 2. The summed E-state index contributed by atoms with van der Waals surface area (Å²) < 4.78 is 67.5. The largest absolute Gasteiger partial charge is 0.459 e. The fourth-order valence-electron chi connectivity index (χ4n) is 2.57. The van der Waals surface area contributed by atoms with Gasteiger partial charge in [0, 0.05) is 11.8 Å². The molecule has 0 saturated heterocycles. The Hall–Kier alpha value is -2.98. The normalized spacial score (nSPS) is 11.9. The van der Waals surface area contributed by atoms with Crippen LogP contribution in [0.4, 0.5) is 10.1 Å². The molecule has 0 spiro atoms. The Morgan fingerprint density at radius 1 is 1.00 bits per heavy atom. The van der Waals surface area contributed by atoms with Crippen molar-refractivity contribution in [3.63, 3.8) is 0 Å². The number of carbonyl (C=O) groups excluding carboxylic acids is 1. The van der Waals surface area contributed by atoms with E-state index < -0.39 is 37.2 Å². The summed E-state index contributed by atoms with van der Waals surface area (Å²) in [5, 5.41) is 2.22. The van der Waals surface area contributed by atoms with Crippen LogP contribution in [0, 0.1) is 5.82 Å².